The van der Waals surface area contributed by atoms with Gasteiger partial charge in [0, 0.05) is 12.3 Å². The predicted molar refractivity (Wildman–Crippen MR) is 98.7 cm³/mol. The van der Waals surface area contributed by atoms with Crippen LogP contribution in [-0.2, 0) is 9.59 Å². The number of ether oxygens (including phenoxy) is 2. The number of aliphatic imine (C=N–C) groups is 1. The lowest BCUT2D eigenvalue weighted by Gasteiger charge is -2.28. The van der Waals surface area contributed by atoms with Gasteiger partial charge in [0.15, 0.2) is 5.92 Å². The van der Waals surface area contributed by atoms with Gasteiger partial charge in [-0.3, -0.25) is 19.9 Å². The number of barbiturate groups is 1. The third-order valence-corrected chi connectivity index (χ3v) is 3.96. The second-order valence-corrected chi connectivity index (χ2v) is 5.62. The van der Waals surface area contributed by atoms with Crippen molar-refractivity contribution in [2.45, 2.75) is 0 Å². The molecule has 1 N–H and O–H groups in total. The molecule has 0 aromatic heterocycles. The van der Waals surface area contributed by atoms with Crippen LogP contribution in [0.15, 0.2) is 53.5 Å². The summed E-state index contributed by atoms with van der Waals surface area (Å²) in [6, 6.07) is 12.4. The van der Waals surface area contributed by atoms with Crippen LogP contribution in [0.4, 0.5) is 16.2 Å². The number of carbonyl (C=O) groups is 3. The molecule has 0 bridgehead atoms. The highest BCUT2D eigenvalue weighted by molar-refractivity contribution is 6.32. The number of rotatable bonds is 5. The number of nitrogens with zero attached hydrogens (tertiary/aromatic N) is 2. The Balaban J connectivity index is 1.86. The number of anilines is 1. The highest BCUT2D eigenvalue weighted by Crippen LogP contribution is 2.25. The molecule has 1 heterocycles. The Morgan fingerprint density at radius 2 is 1.70 bits per heavy atom. The highest BCUT2D eigenvalue weighted by atomic mass is 16.5. The minimum atomic E-state index is -1.23. The Morgan fingerprint density at radius 3 is 2.37 bits per heavy atom. The number of hydrogen-bond acceptors (Lipinski definition) is 6. The van der Waals surface area contributed by atoms with Gasteiger partial charge in [0.1, 0.15) is 11.5 Å². The molecule has 27 heavy (non-hydrogen) atoms. The summed E-state index contributed by atoms with van der Waals surface area (Å²) in [7, 11) is 3.03. The van der Waals surface area contributed by atoms with Gasteiger partial charge in [-0.15, -0.1) is 0 Å². The lowest BCUT2D eigenvalue weighted by atomic mass is 10.1. The lowest BCUT2D eigenvalue weighted by Crippen LogP contribution is -2.58. The number of carbonyl (C=O) groups excluding carboxylic acids is 3. The molecule has 1 saturated heterocycles. The van der Waals surface area contributed by atoms with Gasteiger partial charge in [0.2, 0.25) is 5.91 Å². The van der Waals surface area contributed by atoms with Gasteiger partial charge in [0.25, 0.3) is 5.91 Å². The van der Waals surface area contributed by atoms with Crippen molar-refractivity contribution in [1.29, 1.82) is 0 Å². The average molecular weight is 367 g/mol. The molecule has 0 radical (unpaired) electrons. The third-order valence-electron chi connectivity index (χ3n) is 3.96. The minimum Gasteiger partial charge on any atom is -0.497 e. The van der Waals surface area contributed by atoms with Crippen molar-refractivity contribution >= 4 is 35.4 Å². The summed E-state index contributed by atoms with van der Waals surface area (Å²) in [6.07, 6.45) is 1.22. The Kier molecular flexibility index (Phi) is 5.16. The lowest BCUT2D eigenvalue weighted by molar-refractivity contribution is -0.131. The van der Waals surface area contributed by atoms with Crippen LogP contribution in [0, 0.1) is 5.92 Å². The molecule has 2 aromatic rings. The average Bonchev–Trinajstić information content (AvgIpc) is 2.68. The van der Waals surface area contributed by atoms with Crippen molar-refractivity contribution in [2.75, 3.05) is 19.1 Å². The Bertz CT molecular complexity index is 908. The van der Waals surface area contributed by atoms with Crippen molar-refractivity contribution in [3.63, 3.8) is 0 Å². The van der Waals surface area contributed by atoms with Gasteiger partial charge < -0.3 is 9.47 Å². The largest absolute Gasteiger partial charge is 0.497 e. The molecule has 138 valence electrons. The molecule has 4 amide bonds. The molecular formula is C19H17N3O5. The predicted octanol–water partition coefficient (Wildman–Crippen LogP) is 2.31. The topological polar surface area (TPSA) is 97.3 Å². The molecule has 1 atom stereocenters. The van der Waals surface area contributed by atoms with E-state index < -0.39 is 23.8 Å². The first kappa shape index (κ1) is 18.1. The van der Waals surface area contributed by atoms with Gasteiger partial charge in [-0.2, -0.15) is 0 Å². The summed E-state index contributed by atoms with van der Waals surface area (Å²) in [6.45, 7) is 0. The minimum absolute atomic E-state index is 0.298. The molecule has 0 saturated carbocycles. The molecule has 1 aliphatic heterocycles. The maximum atomic E-state index is 12.8. The third kappa shape index (κ3) is 3.79. The standard InChI is InChI=1S/C19H17N3O5/c1-26-14-8-6-12(7-9-14)20-11-16-17(23)21-19(25)22(18(16)24)13-4-3-5-15(10-13)27-2/h3-11,16H,1-2H3,(H,21,23,25)/t16-/m0/s1. The van der Waals surface area contributed by atoms with Crippen molar-refractivity contribution < 1.29 is 23.9 Å². The number of hydrogen-bond donors (Lipinski definition) is 1. The summed E-state index contributed by atoms with van der Waals surface area (Å²) in [4.78, 5) is 42.1. The van der Waals surface area contributed by atoms with Crippen LogP contribution in [0.2, 0.25) is 0 Å². The van der Waals surface area contributed by atoms with E-state index in [0.29, 0.717) is 22.9 Å². The summed E-state index contributed by atoms with van der Waals surface area (Å²) in [5.74, 6) is -1.49. The zero-order valence-electron chi connectivity index (χ0n) is 14.7. The van der Waals surface area contributed by atoms with Crippen LogP contribution in [-0.4, -0.2) is 38.3 Å². The Labute approximate surface area is 155 Å². The molecule has 1 aliphatic rings. The van der Waals surface area contributed by atoms with E-state index in [1.807, 2.05) is 0 Å². The first-order valence-corrected chi connectivity index (χ1v) is 8.04. The molecule has 0 unspecified atom stereocenters. The van der Waals surface area contributed by atoms with E-state index in [-0.39, 0.29) is 0 Å². The summed E-state index contributed by atoms with van der Waals surface area (Å²) in [5, 5.41) is 2.18. The van der Waals surface area contributed by atoms with Crippen LogP contribution < -0.4 is 19.7 Å². The zero-order chi connectivity index (χ0) is 19.4. The Morgan fingerprint density at radius 1 is 1.00 bits per heavy atom. The fourth-order valence-electron chi connectivity index (χ4n) is 2.54. The van der Waals surface area contributed by atoms with E-state index >= 15 is 0 Å². The Hall–Kier alpha value is -3.68. The zero-order valence-corrected chi connectivity index (χ0v) is 14.7. The summed E-state index contributed by atoms with van der Waals surface area (Å²) < 4.78 is 10.2. The van der Waals surface area contributed by atoms with Crippen molar-refractivity contribution in [3.05, 3.63) is 48.5 Å². The number of amides is 4. The first-order chi connectivity index (χ1) is 13.0. The summed E-state index contributed by atoms with van der Waals surface area (Å²) in [5.41, 5.74) is 0.841. The van der Waals surface area contributed by atoms with Crippen molar-refractivity contribution in [2.24, 2.45) is 10.9 Å². The van der Waals surface area contributed by atoms with Gasteiger partial charge in [0.05, 0.1) is 25.6 Å². The van der Waals surface area contributed by atoms with Gasteiger partial charge in [-0.1, -0.05) is 6.07 Å². The smallest absolute Gasteiger partial charge is 0.335 e. The van der Waals surface area contributed by atoms with Gasteiger partial charge >= 0.3 is 6.03 Å². The highest BCUT2D eigenvalue weighted by Gasteiger charge is 2.40. The van der Waals surface area contributed by atoms with Gasteiger partial charge in [-0.05, 0) is 36.4 Å². The quantitative estimate of drug-likeness (QED) is 0.646. The maximum absolute atomic E-state index is 12.8. The van der Waals surface area contributed by atoms with Crippen LogP contribution >= 0.6 is 0 Å². The molecule has 8 nitrogen and oxygen atoms in total. The summed E-state index contributed by atoms with van der Waals surface area (Å²) >= 11 is 0. The molecule has 1 fully saturated rings. The van der Waals surface area contributed by atoms with E-state index in [1.54, 1.807) is 49.6 Å². The second-order valence-electron chi connectivity index (χ2n) is 5.62. The molecular weight excluding hydrogens is 350 g/mol. The van der Waals surface area contributed by atoms with Crippen LogP contribution in [0.3, 0.4) is 0 Å². The van der Waals surface area contributed by atoms with E-state index in [0.717, 1.165) is 4.90 Å². The fourth-order valence-corrected chi connectivity index (χ4v) is 2.54. The fraction of sp³-hybridized carbons (Fsp3) is 0.158. The molecule has 8 heteroatoms. The molecule has 2 aromatic carbocycles. The number of nitrogens with one attached hydrogen (secondary N) is 1. The normalized spacial score (nSPS) is 17.2. The van der Waals surface area contributed by atoms with Gasteiger partial charge in [-0.25, -0.2) is 9.69 Å². The van der Waals surface area contributed by atoms with E-state index in [1.165, 1.54) is 19.4 Å². The monoisotopic (exact) mass is 367 g/mol. The number of urea groups is 1. The first-order valence-electron chi connectivity index (χ1n) is 8.04. The number of benzene rings is 2. The SMILES string of the molecule is COc1ccc(N=C[C@H]2C(=O)NC(=O)N(c3cccc(OC)c3)C2=O)cc1. The molecule has 0 spiro atoms. The van der Waals surface area contributed by atoms with Crippen molar-refractivity contribution in [1.82, 2.24) is 5.32 Å². The van der Waals surface area contributed by atoms with E-state index in [2.05, 4.69) is 10.3 Å². The molecule has 0 aliphatic carbocycles. The second kappa shape index (κ2) is 7.69. The van der Waals surface area contributed by atoms with E-state index in [9.17, 15) is 14.4 Å². The number of methoxy groups -OCH3 is 2. The van der Waals surface area contributed by atoms with Crippen LogP contribution in [0.1, 0.15) is 0 Å². The van der Waals surface area contributed by atoms with Crippen LogP contribution in [0.5, 0.6) is 11.5 Å². The van der Waals surface area contributed by atoms with Crippen LogP contribution in [0.25, 0.3) is 0 Å². The number of imide groups is 2. The van der Waals surface area contributed by atoms with Crippen molar-refractivity contribution in [3.8, 4) is 11.5 Å². The molecule has 3 rings (SSSR count). The van der Waals surface area contributed by atoms with E-state index in [4.69, 9.17) is 9.47 Å². The maximum Gasteiger partial charge on any atom is 0.335 e.